The molecule has 0 spiro atoms. The van der Waals surface area contributed by atoms with Crippen LogP contribution >= 0.6 is 0 Å². The number of benzene rings is 3. The van der Waals surface area contributed by atoms with Gasteiger partial charge in [0.05, 0.1) is 25.5 Å². The molecule has 5 atom stereocenters. The fourth-order valence-electron chi connectivity index (χ4n) is 9.30. The van der Waals surface area contributed by atoms with Crippen molar-refractivity contribution < 1.29 is 70.5 Å². The van der Waals surface area contributed by atoms with Crippen LogP contribution in [0.5, 0.6) is 5.75 Å². The molecule has 7 N–H and O–H groups in total. The van der Waals surface area contributed by atoms with Gasteiger partial charge < -0.3 is 60.5 Å². The van der Waals surface area contributed by atoms with Crippen molar-refractivity contribution in [1.29, 1.82) is 0 Å². The second-order valence-corrected chi connectivity index (χ2v) is 26.2. The highest BCUT2D eigenvalue weighted by Gasteiger charge is 2.37. The molecule has 3 aromatic rings. The summed E-state index contributed by atoms with van der Waals surface area (Å²) in [6.07, 6.45) is 4.44. The Bertz CT molecular complexity index is 3110. The van der Waals surface area contributed by atoms with Crippen LogP contribution in [-0.4, -0.2) is 148 Å². The molecule has 2 aliphatic rings. The molecule has 4 bridgehead atoms. The summed E-state index contributed by atoms with van der Waals surface area (Å²) in [5.74, 6) is -3.96. The highest BCUT2D eigenvalue weighted by molar-refractivity contribution is 7.89. The van der Waals surface area contributed by atoms with Crippen LogP contribution in [0.25, 0.3) is 16.7 Å². The number of unbranched alkanes of at least 4 members (excludes halogenated alkanes) is 1. The maximum Gasteiger partial charge on any atom is 0.407 e. The number of likely N-dealkylation sites (N-methyl/N-ethyl adjacent to an activating group) is 1. The van der Waals surface area contributed by atoms with Crippen LogP contribution in [0.15, 0.2) is 84.5 Å². The Labute approximate surface area is 511 Å². The molecule has 5 rings (SSSR count). The molecule has 0 fully saturated rings. The summed E-state index contributed by atoms with van der Waals surface area (Å²) in [7, 11) is -2.78. The molecule has 1 unspecified atom stereocenters. The van der Waals surface area contributed by atoms with Crippen LogP contribution in [0.4, 0.5) is 14.4 Å². The number of rotatable bonds is 22. The van der Waals surface area contributed by atoms with Gasteiger partial charge in [-0.25, -0.2) is 22.8 Å². The molecule has 0 saturated heterocycles. The maximum atomic E-state index is 15.3. The smallest absolute Gasteiger partial charge is 0.407 e. The zero-order chi connectivity index (χ0) is 64.4. The molecule has 1 heterocycles. The maximum absolute atomic E-state index is 15.3. The molecule has 1 aliphatic carbocycles. The highest BCUT2D eigenvalue weighted by atomic mass is 32.2. The number of sulfonamides is 1. The molecule has 87 heavy (non-hydrogen) atoms. The van der Waals surface area contributed by atoms with Gasteiger partial charge in [0.2, 0.25) is 27.7 Å². The number of carbonyl (C=O) groups is 8. The minimum absolute atomic E-state index is 0.00974. The molecular formula is C63H88N8O15S. The van der Waals surface area contributed by atoms with Gasteiger partial charge >= 0.3 is 18.3 Å². The summed E-state index contributed by atoms with van der Waals surface area (Å²) in [6.45, 7) is 18.8. The van der Waals surface area contributed by atoms with E-state index in [1.807, 2.05) is 16.9 Å². The van der Waals surface area contributed by atoms with E-state index in [9.17, 15) is 37.2 Å². The first kappa shape index (κ1) is 69.8. The van der Waals surface area contributed by atoms with E-state index in [0.29, 0.717) is 16.7 Å². The summed E-state index contributed by atoms with van der Waals surface area (Å²) < 4.78 is 55.9. The number of hydrogen-bond acceptors (Lipinski definition) is 15. The van der Waals surface area contributed by atoms with Crippen LogP contribution in [0.3, 0.4) is 0 Å². The number of nitrogens with one attached hydrogen (secondary N) is 7. The Balaban J connectivity index is 1.61. The number of allylic oxidation sites excluding steroid dienone is 1. The number of alkyl carbamates (subject to hydrolysis) is 3. The number of nitrogens with zero attached hydrogens (tertiary/aromatic N) is 1. The average Bonchev–Trinajstić information content (AvgIpc) is 1.28. The van der Waals surface area contributed by atoms with Crippen molar-refractivity contribution in [3.63, 3.8) is 0 Å². The van der Waals surface area contributed by atoms with E-state index in [4.69, 9.17) is 23.7 Å². The lowest BCUT2D eigenvalue weighted by Gasteiger charge is -2.33. The lowest BCUT2D eigenvalue weighted by Crippen LogP contribution is -2.55. The molecule has 0 saturated carbocycles. The summed E-state index contributed by atoms with van der Waals surface area (Å²) in [4.78, 5) is 112. The largest absolute Gasteiger partial charge is 0.491 e. The van der Waals surface area contributed by atoms with Gasteiger partial charge in [-0.05, 0) is 159 Å². The molecule has 3 aromatic carbocycles. The molecule has 1 aliphatic heterocycles. The van der Waals surface area contributed by atoms with E-state index in [1.165, 1.54) is 19.5 Å². The van der Waals surface area contributed by atoms with Gasteiger partial charge in [0.1, 0.15) is 53.3 Å². The Kier molecular flexibility index (Phi) is 24.9. The predicted octanol–water partition coefficient (Wildman–Crippen LogP) is 7.30. The second-order valence-electron chi connectivity index (χ2n) is 24.5. The second kappa shape index (κ2) is 31.1. The molecule has 0 aromatic heterocycles. The highest BCUT2D eigenvalue weighted by Crippen LogP contribution is 2.39. The summed E-state index contributed by atoms with van der Waals surface area (Å²) >= 11 is 0. The lowest BCUT2D eigenvalue weighted by molar-refractivity contribution is -0.141. The van der Waals surface area contributed by atoms with Gasteiger partial charge in [0.15, 0.2) is 0 Å². The molecule has 0 radical (unpaired) electrons. The standard InChI is InChI=1S/C63H88N8O15S/c1-14-15-17-40-19-22-42(23-20-40)43-24-26-44(27-25-43)54(73)68-48(18-16-31-64-58(77)84-61(3,4)5)57(76)71(12)52-45-28-30-51(83-35-33-66-60(79)86-63(9,10)11)47(38-45)46-36-41(21-29-50(46)82-34-32-65-59(78)85-62(6,7)8)37-49(55(74)70-87(13,80)81)69-53(72)39(2)67-56(52)75/h19-28,30,36,38-39,48-50,52H,14-18,29,31-35,37H2,1-13H3,(H,64,77)(H,65,78)(H,66,79)(H,67,75)(H,68,73)(H,69,72)(H,70,74)/t39-,48-,49-,50?,52-/m0/s1. The Morgan fingerprint density at radius 1 is 0.724 bits per heavy atom. The SMILES string of the molecule is CCCCc1ccc(-c2ccc(C(=O)N[C@@H](CCCNC(=O)OC(C)(C)C)C(=O)N(C)[C@@H]3C(=O)N[C@@H](C)C(=O)N[C@H](C(=O)NS(C)(=O)=O)CC4=CCC(OCCNC(=O)OC(C)(C)C)C(=C4)c4cc3ccc4OCCNC(=O)OC(C)(C)C)cc2)cc1. The number of ether oxygens (including phenoxy) is 5. The minimum atomic E-state index is -4.14. The fourth-order valence-corrected chi connectivity index (χ4v) is 9.81. The average molecular weight is 1230 g/mol. The fraction of sp³-hybridized carbons (Fsp3) is 0.524. The number of aryl methyl sites for hydroxylation is 1. The molecule has 24 heteroatoms. The first-order valence-electron chi connectivity index (χ1n) is 29.3. The molecular weight excluding hydrogens is 1140 g/mol. The Morgan fingerprint density at radius 3 is 1.85 bits per heavy atom. The molecule has 476 valence electrons. The normalized spacial score (nSPS) is 17.7. The number of fused-ring (bicyclic) bond motifs is 4. The van der Waals surface area contributed by atoms with Gasteiger partial charge in [-0.1, -0.05) is 68.0 Å². The van der Waals surface area contributed by atoms with Crippen molar-refractivity contribution in [2.24, 2.45) is 0 Å². The zero-order valence-electron chi connectivity index (χ0n) is 52.4. The van der Waals surface area contributed by atoms with Crippen molar-refractivity contribution in [3.8, 4) is 16.9 Å². The topological polar surface area (TPSA) is 304 Å². The Morgan fingerprint density at radius 2 is 1.29 bits per heavy atom. The third-order valence-corrected chi connectivity index (χ3v) is 13.9. The molecule has 8 amide bonds. The summed E-state index contributed by atoms with van der Waals surface area (Å²) in [6, 6.07) is 14.0. The number of carbonyl (C=O) groups excluding carboxylic acids is 8. The first-order valence-corrected chi connectivity index (χ1v) is 31.2. The minimum Gasteiger partial charge on any atom is -0.491 e. The Hall–Kier alpha value is -7.99. The first-order chi connectivity index (χ1) is 40.7. The van der Waals surface area contributed by atoms with Crippen molar-refractivity contribution in [2.75, 3.05) is 46.2 Å². The summed E-state index contributed by atoms with van der Waals surface area (Å²) in [5, 5.41) is 16.2. The van der Waals surface area contributed by atoms with Crippen molar-refractivity contribution in [1.82, 2.24) is 41.5 Å². The van der Waals surface area contributed by atoms with Crippen molar-refractivity contribution in [3.05, 3.63) is 107 Å². The summed E-state index contributed by atoms with van der Waals surface area (Å²) in [5.41, 5.74) is 2.29. The quantitative estimate of drug-likeness (QED) is 0.0384. The van der Waals surface area contributed by atoms with Crippen LogP contribution in [-0.2, 0) is 54.6 Å². The van der Waals surface area contributed by atoms with E-state index in [2.05, 4.69) is 51.0 Å². The molecule has 23 nitrogen and oxygen atoms in total. The van der Waals surface area contributed by atoms with Gasteiger partial charge in [0.25, 0.3) is 11.8 Å². The lowest BCUT2D eigenvalue weighted by atomic mass is 9.86. The van der Waals surface area contributed by atoms with E-state index in [-0.39, 0.29) is 75.4 Å². The third kappa shape index (κ3) is 23.3. The van der Waals surface area contributed by atoms with Crippen molar-refractivity contribution >= 4 is 63.4 Å². The van der Waals surface area contributed by atoms with Gasteiger partial charge in [-0.15, -0.1) is 0 Å². The van der Waals surface area contributed by atoms with Crippen LogP contribution in [0.1, 0.15) is 148 Å². The van der Waals surface area contributed by atoms with Crippen molar-refractivity contribution in [2.45, 2.75) is 168 Å². The van der Waals surface area contributed by atoms with E-state index in [1.54, 1.807) is 117 Å². The van der Waals surface area contributed by atoms with E-state index < -0.39 is 105 Å². The van der Waals surface area contributed by atoms with Gasteiger partial charge in [0, 0.05) is 37.7 Å². The van der Waals surface area contributed by atoms with Crippen LogP contribution in [0.2, 0.25) is 0 Å². The van der Waals surface area contributed by atoms with E-state index in [0.717, 1.165) is 41.5 Å². The number of amides is 8. The zero-order valence-corrected chi connectivity index (χ0v) is 53.2. The van der Waals surface area contributed by atoms with Gasteiger partial charge in [-0.3, -0.25) is 28.7 Å². The predicted molar refractivity (Wildman–Crippen MR) is 329 cm³/mol. The third-order valence-electron chi connectivity index (χ3n) is 13.3. The van der Waals surface area contributed by atoms with Crippen LogP contribution in [0, 0.1) is 0 Å². The van der Waals surface area contributed by atoms with E-state index >= 15 is 9.59 Å². The number of hydrogen-bond donors (Lipinski definition) is 7. The van der Waals surface area contributed by atoms with Crippen LogP contribution < -0.4 is 41.4 Å². The van der Waals surface area contributed by atoms with Gasteiger partial charge in [-0.2, -0.15) is 0 Å². The monoisotopic (exact) mass is 1230 g/mol.